The maximum Gasteiger partial charge on any atom is 0.332 e. The van der Waals surface area contributed by atoms with Gasteiger partial charge in [-0.1, -0.05) is 53.5 Å². The predicted octanol–water partition coefficient (Wildman–Crippen LogP) is 6.24. The van der Waals surface area contributed by atoms with Gasteiger partial charge in [0.1, 0.15) is 0 Å². The first-order valence-corrected chi connectivity index (χ1v) is 12.7. The van der Waals surface area contributed by atoms with Crippen LogP contribution < -0.4 is 0 Å². The molecule has 3 rings (SSSR count). The molecule has 0 aliphatic heterocycles. The predicted molar refractivity (Wildman–Crippen MR) is 127 cm³/mol. The Kier molecular flexibility index (Phi) is 7.51. The molecule has 3 aliphatic carbocycles. The van der Waals surface area contributed by atoms with Gasteiger partial charge in [0.25, 0.3) is 0 Å². The van der Waals surface area contributed by atoms with Gasteiger partial charge in [-0.05, 0) is 80.1 Å². The molecule has 0 bridgehead atoms. The first-order valence-electron chi connectivity index (χ1n) is 12.7. The Balaban J connectivity index is 1.74. The minimum atomic E-state index is -1.12. The average Bonchev–Trinajstić information content (AvgIpc) is 3.08. The Morgan fingerprint density at radius 3 is 2.50 bits per heavy atom. The molecule has 2 fully saturated rings. The highest BCUT2D eigenvalue weighted by molar-refractivity contribution is 6.03. The fourth-order valence-electron chi connectivity index (χ4n) is 6.36. The van der Waals surface area contributed by atoms with E-state index in [1.165, 1.54) is 25.0 Å². The van der Waals surface area contributed by atoms with Crippen molar-refractivity contribution in [2.45, 2.75) is 98.5 Å². The Morgan fingerprint density at radius 1 is 1.12 bits per heavy atom. The number of ketones is 2. The molecule has 4 nitrogen and oxygen atoms in total. The minimum absolute atomic E-state index is 0.0494. The maximum absolute atomic E-state index is 12.9. The van der Waals surface area contributed by atoms with E-state index in [9.17, 15) is 14.4 Å². The summed E-state index contributed by atoms with van der Waals surface area (Å²) < 4.78 is 5.62. The van der Waals surface area contributed by atoms with Gasteiger partial charge in [0.2, 0.25) is 0 Å². The van der Waals surface area contributed by atoms with Crippen molar-refractivity contribution in [1.82, 2.24) is 0 Å². The van der Waals surface area contributed by atoms with Crippen molar-refractivity contribution in [3.05, 3.63) is 23.8 Å². The molecular weight excluding hydrogens is 400 g/mol. The van der Waals surface area contributed by atoms with Crippen LogP contribution in [0.1, 0.15) is 92.9 Å². The summed E-state index contributed by atoms with van der Waals surface area (Å²) in [6, 6.07) is 0. The van der Waals surface area contributed by atoms with Crippen LogP contribution in [0.15, 0.2) is 23.8 Å². The van der Waals surface area contributed by atoms with Crippen LogP contribution >= 0.6 is 0 Å². The summed E-state index contributed by atoms with van der Waals surface area (Å²) in [4.78, 5) is 37.9. The molecule has 6 unspecified atom stereocenters. The van der Waals surface area contributed by atoms with Gasteiger partial charge in [-0.2, -0.15) is 0 Å². The van der Waals surface area contributed by atoms with E-state index in [1.807, 2.05) is 6.08 Å². The molecule has 2 saturated carbocycles. The topological polar surface area (TPSA) is 60.4 Å². The number of ether oxygens (including phenoxy) is 1. The van der Waals surface area contributed by atoms with E-state index >= 15 is 0 Å². The summed E-state index contributed by atoms with van der Waals surface area (Å²) in [5, 5.41) is 0. The number of rotatable bonds is 7. The SMILES string of the molecule is CC(C)C(C)CCC(C)C1CCC2C(=CC(=O)OC3(C)CCC=CC3=O)C(=O)CCC21C. The van der Waals surface area contributed by atoms with Gasteiger partial charge in [0.05, 0.1) is 0 Å². The molecule has 0 N–H and O–H groups in total. The van der Waals surface area contributed by atoms with Crippen molar-refractivity contribution < 1.29 is 19.1 Å². The third-order valence-corrected chi connectivity index (χ3v) is 9.08. The van der Waals surface area contributed by atoms with Gasteiger partial charge in [-0.3, -0.25) is 9.59 Å². The molecule has 0 spiro atoms. The number of hydrogen-bond donors (Lipinski definition) is 0. The maximum atomic E-state index is 12.9. The third kappa shape index (κ3) is 4.94. The zero-order chi connectivity index (χ0) is 23.7. The van der Waals surface area contributed by atoms with E-state index in [0.717, 1.165) is 25.2 Å². The zero-order valence-corrected chi connectivity index (χ0v) is 20.9. The van der Waals surface area contributed by atoms with E-state index in [-0.39, 0.29) is 22.9 Å². The Labute approximate surface area is 194 Å². The first-order chi connectivity index (χ1) is 15.0. The number of fused-ring (bicyclic) bond motifs is 1. The van der Waals surface area contributed by atoms with Crippen molar-refractivity contribution in [3.8, 4) is 0 Å². The summed E-state index contributed by atoms with van der Waals surface area (Å²) in [7, 11) is 0. The molecule has 0 aromatic carbocycles. The zero-order valence-electron chi connectivity index (χ0n) is 20.9. The van der Waals surface area contributed by atoms with Crippen LogP contribution in [-0.4, -0.2) is 23.1 Å². The molecule has 3 aliphatic rings. The summed E-state index contributed by atoms with van der Waals surface area (Å²) in [5.41, 5.74) is -0.436. The quantitative estimate of drug-likeness (QED) is 0.346. The summed E-state index contributed by atoms with van der Waals surface area (Å²) in [6.07, 6.45) is 11.9. The van der Waals surface area contributed by atoms with Crippen LogP contribution in [0.3, 0.4) is 0 Å². The average molecular weight is 443 g/mol. The van der Waals surface area contributed by atoms with Crippen LogP contribution in [0.25, 0.3) is 0 Å². The Bertz CT molecular complexity index is 806. The lowest BCUT2D eigenvalue weighted by Crippen LogP contribution is -2.41. The molecule has 0 saturated heterocycles. The van der Waals surface area contributed by atoms with E-state index < -0.39 is 11.6 Å². The second-order valence-corrected chi connectivity index (χ2v) is 11.5. The fraction of sp³-hybridized carbons (Fsp3) is 0.750. The molecule has 0 amide bonds. The first kappa shape index (κ1) is 24.9. The molecule has 4 heteroatoms. The van der Waals surface area contributed by atoms with Crippen LogP contribution in [0, 0.1) is 35.0 Å². The number of carbonyl (C=O) groups is 3. The standard InChI is InChI=1S/C28H42O4/c1-18(2)19(3)10-11-20(4)22-12-13-23-21(24(29)14-16-27(22,23)5)17-26(31)32-28(6)15-8-7-9-25(28)30/h7,9,17-20,22-23H,8,10-16H2,1-6H3. The van der Waals surface area contributed by atoms with Crippen LogP contribution in [0.4, 0.5) is 0 Å². The molecule has 0 aromatic heterocycles. The van der Waals surface area contributed by atoms with Crippen molar-refractivity contribution in [1.29, 1.82) is 0 Å². The van der Waals surface area contributed by atoms with Gasteiger partial charge >= 0.3 is 5.97 Å². The second kappa shape index (κ2) is 9.65. The smallest absolute Gasteiger partial charge is 0.332 e. The molecule has 0 heterocycles. The minimum Gasteiger partial charge on any atom is -0.448 e. The van der Waals surface area contributed by atoms with Gasteiger partial charge in [-0.25, -0.2) is 4.79 Å². The van der Waals surface area contributed by atoms with Crippen LogP contribution in [-0.2, 0) is 19.1 Å². The van der Waals surface area contributed by atoms with Gasteiger partial charge in [0, 0.05) is 18.1 Å². The highest BCUT2D eigenvalue weighted by atomic mass is 16.6. The number of Topliss-reactive ketones (excluding diaryl/α,β-unsaturated/α-hetero) is 1. The second-order valence-electron chi connectivity index (χ2n) is 11.5. The third-order valence-electron chi connectivity index (χ3n) is 9.08. The molecule has 178 valence electrons. The highest BCUT2D eigenvalue weighted by Gasteiger charge is 2.53. The molecule has 6 atom stereocenters. The lowest BCUT2D eigenvalue weighted by molar-refractivity contribution is -0.160. The van der Waals surface area contributed by atoms with Crippen molar-refractivity contribution >= 4 is 17.5 Å². The van der Waals surface area contributed by atoms with Crippen LogP contribution in [0.5, 0.6) is 0 Å². The molecule has 32 heavy (non-hydrogen) atoms. The monoisotopic (exact) mass is 442 g/mol. The summed E-state index contributed by atoms with van der Waals surface area (Å²) in [6.45, 7) is 13.3. The van der Waals surface area contributed by atoms with E-state index in [1.54, 1.807) is 6.92 Å². The van der Waals surface area contributed by atoms with Gasteiger partial charge < -0.3 is 4.74 Å². The number of allylic oxidation sites excluding steroid dienone is 2. The normalized spacial score (nSPS) is 35.8. The van der Waals surface area contributed by atoms with Crippen molar-refractivity contribution in [3.63, 3.8) is 0 Å². The Morgan fingerprint density at radius 2 is 1.84 bits per heavy atom. The lowest BCUT2D eigenvalue weighted by atomic mass is 9.60. The summed E-state index contributed by atoms with van der Waals surface area (Å²) in [5.74, 6) is 2.06. The number of carbonyl (C=O) groups excluding carboxylic acids is 3. The number of hydrogen-bond acceptors (Lipinski definition) is 4. The Hall–Kier alpha value is -1.71. The summed E-state index contributed by atoms with van der Waals surface area (Å²) >= 11 is 0. The largest absolute Gasteiger partial charge is 0.448 e. The fourth-order valence-corrected chi connectivity index (χ4v) is 6.36. The van der Waals surface area contributed by atoms with E-state index in [0.29, 0.717) is 42.6 Å². The molecule has 0 radical (unpaired) electrons. The lowest BCUT2D eigenvalue weighted by Gasteiger charge is -2.44. The molecule has 0 aromatic rings. The van der Waals surface area contributed by atoms with Crippen molar-refractivity contribution in [2.24, 2.45) is 35.0 Å². The van der Waals surface area contributed by atoms with Gasteiger partial charge in [0.15, 0.2) is 17.2 Å². The van der Waals surface area contributed by atoms with Crippen molar-refractivity contribution in [2.75, 3.05) is 0 Å². The van der Waals surface area contributed by atoms with E-state index in [4.69, 9.17) is 4.74 Å². The van der Waals surface area contributed by atoms with Gasteiger partial charge in [-0.15, -0.1) is 0 Å². The highest BCUT2D eigenvalue weighted by Crippen LogP contribution is 2.59. The molecular formula is C28H42O4. The number of esters is 1. The van der Waals surface area contributed by atoms with Crippen LogP contribution in [0.2, 0.25) is 0 Å². The van der Waals surface area contributed by atoms with E-state index in [2.05, 4.69) is 34.6 Å².